The molecule has 0 aliphatic carbocycles. The van der Waals surface area contributed by atoms with Gasteiger partial charge in [-0.25, -0.2) is 4.68 Å². The molecule has 0 saturated carbocycles. The highest BCUT2D eigenvalue weighted by Gasteiger charge is 2.10. The maximum Gasteiger partial charge on any atom is 0.225 e. The SMILES string of the molecule is Cc1ccccc1-n1nccc1NC(=O)CCCn1cccn1. The molecule has 0 fully saturated rings. The zero-order valence-electron chi connectivity index (χ0n) is 13.0. The molecule has 1 amide bonds. The van der Waals surface area contributed by atoms with Crippen molar-refractivity contribution in [2.75, 3.05) is 5.32 Å². The summed E-state index contributed by atoms with van der Waals surface area (Å²) in [5.74, 6) is 0.663. The van der Waals surface area contributed by atoms with Gasteiger partial charge in [0.25, 0.3) is 0 Å². The van der Waals surface area contributed by atoms with Crippen LogP contribution in [0.15, 0.2) is 55.0 Å². The van der Waals surface area contributed by atoms with Gasteiger partial charge in [0, 0.05) is 31.4 Å². The summed E-state index contributed by atoms with van der Waals surface area (Å²) in [5, 5.41) is 11.4. The second-order valence-corrected chi connectivity index (χ2v) is 5.34. The lowest BCUT2D eigenvalue weighted by Gasteiger charge is -2.11. The van der Waals surface area contributed by atoms with E-state index in [1.165, 1.54) is 0 Å². The Hall–Kier alpha value is -2.89. The molecule has 3 rings (SSSR count). The van der Waals surface area contributed by atoms with Crippen LogP contribution < -0.4 is 5.32 Å². The molecule has 1 aromatic carbocycles. The summed E-state index contributed by atoms with van der Waals surface area (Å²) in [7, 11) is 0. The predicted molar refractivity (Wildman–Crippen MR) is 88.4 cm³/mol. The topological polar surface area (TPSA) is 64.7 Å². The van der Waals surface area contributed by atoms with Crippen LogP contribution in [0.2, 0.25) is 0 Å². The van der Waals surface area contributed by atoms with Gasteiger partial charge in [0.05, 0.1) is 11.9 Å². The van der Waals surface area contributed by atoms with Gasteiger partial charge in [-0.2, -0.15) is 10.2 Å². The van der Waals surface area contributed by atoms with E-state index in [1.807, 2.05) is 48.1 Å². The first kappa shape index (κ1) is 15.0. The average molecular weight is 309 g/mol. The molecular formula is C17H19N5O. The minimum absolute atomic E-state index is 0.0208. The van der Waals surface area contributed by atoms with Gasteiger partial charge in [-0.15, -0.1) is 0 Å². The van der Waals surface area contributed by atoms with Crippen LogP contribution in [0.1, 0.15) is 18.4 Å². The summed E-state index contributed by atoms with van der Waals surface area (Å²) in [4.78, 5) is 12.1. The third kappa shape index (κ3) is 3.66. The molecule has 2 aromatic heterocycles. The Morgan fingerprint density at radius 3 is 2.78 bits per heavy atom. The number of amides is 1. The lowest BCUT2D eigenvalue weighted by molar-refractivity contribution is -0.116. The summed E-state index contributed by atoms with van der Waals surface area (Å²) in [6.45, 7) is 2.75. The van der Waals surface area contributed by atoms with Gasteiger partial charge in [0.1, 0.15) is 5.82 Å². The van der Waals surface area contributed by atoms with Crippen molar-refractivity contribution in [3.8, 4) is 5.69 Å². The van der Waals surface area contributed by atoms with Gasteiger partial charge in [0.2, 0.25) is 5.91 Å². The lowest BCUT2D eigenvalue weighted by Crippen LogP contribution is -2.15. The molecule has 0 atom stereocenters. The molecule has 0 bridgehead atoms. The molecule has 6 heteroatoms. The van der Waals surface area contributed by atoms with Crippen molar-refractivity contribution in [3.63, 3.8) is 0 Å². The second kappa shape index (κ2) is 6.91. The van der Waals surface area contributed by atoms with Crippen LogP contribution in [0.4, 0.5) is 5.82 Å². The number of nitrogens with zero attached hydrogens (tertiary/aromatic N) is 4. The molecule has 0 saturated heterocycles. The first-order chi connectivity index (χ1) is 11.2. The minimum atomic E-state index is -0.0208. The largest absolute Gasteiger partial charge is 0.311 e. The van der Waals surface area contributed by atoms with Crippen LogP contribution in [0.3, 0.4) is 0 Å². The normalized spacial score (nSPS) is 10.7. The molecular weight excluding hydrogens is 290 g/mol. The zero-order chi connectivity index (χ0) is 16.1. The Balaban J connectivity index is 1.61. The molecule has 0 aliphatic rings. The van der Waals surface area contributed by atoms with Gasteiger partial charge in [0.15, 0.2) is 0 Å². The van der Waals surface area contributed by atoms with Crippen LogP contribution in [0, 0.1) is 6.92 Å². The summed E-state index contributed by atoms with van der Waals surface area (Å²) in [5.41, 5.74) is 2.06. The highest BCUT2D eigenvalue weighted by molar-refractivity contribution is 5.90. The molecule has 3 aromatic rings. The van der Waals surface area contributed by atoms with Gasteiger partial charge in [-0.05, 0) is 31.0 Å². The number of benzene rings is 1. The second-order valence-electron chi connectivity index (χ2n) is 5.34. The number of hydrogen-bond donors (Lipinski definition) is 1. The smallest absolute Gasteiger partial charge is 0.225 e. The molecule has 23 heavy (non-hydrogen) atoms. The van der Waals surface area contributed by atoms with Crippen LogP contribution in [-0.2, 0) is 11.3 Å². The van der Waals surface area contributed by atoms with Crippen LogP contribution in [0.5, 0.6) is 0 Å². The van der Waals surface area contributed by atoms with Crippen molar-refractivity contribution in [2.45, 2.75) is 26.3 Å². The van der Waals surface area contributed by atoms with E-state index < -0.39 is 0 Å². The van der Waals surface area contributed by atoms with E-state index in [1.54, 1.807) is 23.1 Å². The zero-order valence-corrected chi connectivity index (χ0v) is 13.0. The number of anilines is 1. The lowest BCUT2D eigenvalue weighted by atomic mass is 10.2. The Kier molecular flexibility index (Phi) is 4.52. The van der Waals surface area contributed by atoms with Crippen molar-refractivity contribution < 1.29 is 4.79 Å². The summed E-state index contributed by atoms with van der Waals surface area (Å²) >= 11 is 0. The maximum atomic E-state index is 12.1. The first-order valence-corrected chi connectivity index (χ1v) is 7.61. The number of para-hydroxylation sites is 1. The Labute approximate surface area is 134 Å². The predicted octanol–water partition coefficient (Wildman–Crippen LogP) is 2.80. The average Bonchev–Trinajstić information content (AvgIpc) is 3.20. The molecule has 2 heterocycles. The third-order valence-electron chi connectivity index (χ3n) is 3.60. The Morgan fingerprint density at radius 2 is 2.00 bits per heavy atom. The monoisotopic (exact) mass is 309 g/mol. The molecule has 0 aliphatic heterocycles. The number of rotatable bonds is 6. The van der Waals surface area contributed by atoms with Gasteiger partial charge in [-0.1, -0.05) is 18.2 Å². The molecule has 1 N–H and O–H groups in total. The van der Waals surface area contributed by atoms with Crippen molar-refractivity contribution >= 4 is 11.7 Å². The highest BCUT2D eigenvalue weighted by Crippen LogP contribution is 2.18. The molecule has 0 unspecified atom stereocenters. The van der Waals surface area contributed by atoms with E-state index in [0.29, 0.717) is 12.2 Å². The third-order valence-corrected chi connectivity index (χ3v) is 3.60. The van der Waals surface area contributed by atoms with Crippen LogP contribution in [0.25, 0.3) is 5.69 Å². The van der Waals surface area contributed by atoms with Crippen molar-refractivity contribution in [3.05, 3.63) is 60.6 Å². The fourth-order valence-electron chi connectivity index (χ4n) is 2.43. The Bertz CT molecular complexity index is 776. The fourth-order valence-corrected chi connectivity index (χ4v) is 2.43. The quantitative estimate of drug-likeness (QED) is 0.761. The standard InChI is InChI=1S/C17H19N5O/c1-14-6-2-3-7-15(14)22-16(9-11-19-22)20-17(23)8-4-12-21-13-5-10-18-21/h2-3,5-7,9-11,13H,4,8,12H2,1H3,(H,20,23). The fraction of sp³-hybridized carbons (Fsp3) is 0.235. The summed E-state index contributed by atoms with van der Waals surface area (Å²) in [6, 6.07) is 11.6. The summed E-state index contributed by atoms with van der Waals surface area (Å²) in [6.07, 6.45) is 6.50. The number of hydrogen-bond acceptors (Lipinski definition) is 3. The number of aromatic nitrogens is 4. The van der Waals surface area contributed by atoms with Gasteiger partial charge >= 0.3 is 0 Å². The van der Waals surface area contributed by atoms with Crippen molar-refractivity contribution in [2.24, 2.45) is 0 Å². The number of nitrogens with one attached hydrogen (secondary N) is 1. The molecule has 118 valence electrons. The minimum Gasteiger partial charge on any atom is -0.311 e. The number of aryl methyl sites for hydroxylation is 2. The molecule has 0 spiro atoms. The number of carbonyl (C=O) groups excluding carboxylic acids is 1. The van der Waals surface area contributed by atoms with E-state index in [-0.39, 0.29) is 5.91 Å². The van der Waals surface area contributed by atoms with E-state index in [4.69, 9.17) is 0 Å². The number of carbonyl (C=O) groups is 1. The summed E-state index contributed by atoms with van der Waals surface area (Å²) < 4.78 is 3.57. The van der Waals surface area contributed by atoms with E-state index in [0.717, 1.165) is 24.2 Å². The molecule has 0 radical (unpaired) electrons. The van der Waals surface area contributed by atoms with E-state index in [9.17, 15) is 4.79 Å². The van der Waals surface area contributed by atoms with Gasteiger partial charge in [-0.3, -0.25) is 9.48 Å². The van der Waals surface area contributed by atoms with Gasteiger partial charge < -0.3 is 5.32 Å². The first-order valence-electron chi connectivity index (χ1n) is 7.61. The highest BCUT2D eigenvalue weighted by atomic mass is 16.1. The van der Waals surface area contributed by atoms with Crippen LogP contribution in [-0.4, -0.2) is 25.5 Å². The maximum absolute atomic E-state index is 12.1. The van der Waals surface area contributed by atoms with Crippen molar-refractivity contribution in [1.82, 2.24) is 19.6 Å². The Morgan fingerprint density at radius 1 is 1.13 bits per heavy atom. The van der Waals surface area contributed by atoms with E-state index in [2.05, 4.69) is 15.5 Å². The molecule has 6 nitrogen and oxygen atoms in total. The van der Waals surface area contributed by atoms with Crippen LogP contribution >= 0.6 is 0 Å². The van der Waals surface area contributed by atoms with E-state index >= 15 is 0 Å². The van der Waals surface area contributed by atoms with Crippen molar-refractivity contribution in [1.29, 1.82) is 0 Å².